The molecule has 7 nitrogen and oxygen atoms in total. The van der Waals surface area contributed by atoms with Gasteiger partial charge < -0.3 is 9.42 Å². The molecule has 30 heavy (non-hydrogen) atoms. The van der Waals surface area contributed by atoms with E-state index in [0.717, 1.165) is 75.5 Å². The van der Waals surface area contributed by atoms with Crippen LogP contribution in [-0.2, 0) is 25.9 Å². The molecular formula is C23H35N5O2. The predicted octanol–water partition coefficient (Wildman–Crippen LogP) is 3.31. The molecule has 1 aliphatic carbocycles. The molecule has 2 aromatic heterocycles. The Kier molecular flexibility index (Phi) is 5.75. The van der Waals surface area contributed by atoms with Crippen LogP contribution in [0.1, 0.15) is 67.2 Å². The summed E-state index contributed by atoms with van der Waals surface area (Å²) in [7, 11) is 0. The van der Waals surface area contributed by atoms with Crippen LogP contribution in [0.3, 0.4) is 0 Å². The first-order valence-corrected chi connectivity index (χ1v) is 11.3. The van der Waals surface area contributed by atoms with Crippen LogP contribution in [0.25, 0.3) is 0 Å². The van der Waals surface area contributed by atoms with Gasteiger partial charge in [-0.2, -0.15) is 5.10 Å². The fourth-order valence-corrected chi connectivity index (χ4v) is 4.69. The summed E-state index contributed by atoms with van der Waals surface area (Å²) in [5, 5.41) is 8.75. The van der Waals surface area contributed by atoms with E-state index < -0.39 is 0 Å². The van der Waals surface area contributed by atoms with E-state index in [0.29, 0.717) is 11.6 Å². The number of carbonyl (C=O) groups excluding carboxylic acids is 1. The lowest BCUT2D eigenvalue weighted by Gasteiger charge is -2.35. The first-order chi connectivity index (χ1) is 14.3. The Hall–Kier alpha value is -2.15. The molecule has 1 saturated heterocycles. The van der Waals surface area contributed by atoms with E-state index in [2.05, 4.69) is 56.0 Å². The van der Waals surface area contributed by atoms with E-state index in [1.54, 1.807) is 0 Å². The Morgan fingerprint density at radius 1 is 1.23 bits per heavy atom. The third kappa shape index (κ3) is 4.17. The standard InChI is InChI=1S/C23H35N5O2/c1-6-28-15-17(16(2)24-28)14-26-9-11-27(12-10-26)22(29)21-19-13-18(23(3,4)5)7-8-20(19)30-25-21/h15,18H,6-14H2,1-5H3. The monoisotopic (exact) mass is 413 g/mol. The van der Waals surface area contributed by atoms with Crippen molar-refractivity contribution in [1.82, 2.24) is 24.7 Å². The summed E-state index contributed by atoms with van der Waals surface area (Å²) in [4.78, 5) is 17.6. The van der Waals surface area contributed by atoms with E-state index in [1.165, 1.54) is 5.56 Å². The lowest BCUT2D eigenvalue weighted by atomic mass is 9.71. The normalized spacial score (nSPS) is 20.4. The summed E-state index contributed by atoms with van der Waals surface area (Å²) in [6, 6.07) is 0. The molecule has 7 heteroatoms. The third-order valence-electron chi connectivity index (χ3n) is 6.89. The first kappa shape index (κ1) is 21.1. The predicted molar refractivity (Wildman–Crippen MR) is 115 cm³/mol. The highest BCUT2D eigenvalue weighted by Crippen LogP contribution is 2.38. The molecule has 1 aliphatic heterocycles. The highest BCUT2D eigenvalue weighted by Gasteiger charge is 2.35. The smallest absolute Gasteiger partial charge is 0.276 e. The molecule has 0 bridgehead atoms. The average molecular weight is 414 g/mol. The van der Waals surface area contributed by atoms with E-state index in [1.807, 2.05) is 9.58 Å². The quantitative estimate of drug-likeness (QED) is 0.769. The van der Waals surface area contributed by atoms with Crippen molar-refractivity contribution in [3.05, 3.63) is 34.5 Å². The van der Waals surface area contributed by atoms with Crippen molar-refractivity contribution in [1.29, 1.82) is 0 Å². The highest BCUT2D eigenvalue weighted by molar-refractivity contribution is 5.94. The maximum absolute atomic E-state index is 13.2. The van der Waals surface area contributed by atoms with Gasteiger partial charge in [-0.25, -0.2) is 0 Å². The number of amides is 1. The number of aromatic nitrogens is 3. The summed E-state index contributed by atoms with van der Waals surface area (Å²) in [5.41, 5.74) is 4.20. The Morgan fingerprint density at radius 3 is 2.60 bits per heavy atom. The molecule has 0 spiro atoms. The molecule has 0 radical (unpaired) electrons. The Bertz CT molecular complexity index is 899. The molecule has 0 saturated carbocycles. The van der Waals surface area contributed by atoms with Gasteiger partial charge in [0, 0.05) is 63.0 Å². The van der Waals surface area contributed by atoms with Crippen molar-refractivity contribution in [2.75, 3.05) is 26.2 Å². The van der Waals surface area contributed by atoms with Gasteiger partial charge in [-0.1, -0.05) is 25.9 Å². The number of piperazine rings is 1. The van der Waals surface area contributed by atoms with Crippen LogP contribution in [-0.4, -0.2) is 56.8 Å². The van der Waals surface area contributed by atoms with Gasteiger partial charge in [0.05, 0.1) is 5.69 Å². The van der Waals surface area contributed by atoms with Crippen LogP contribution in [0.5, 0.6) is 0 Å². The Labute approximate surface area is 179 Å². The number of rotatable bonds is 4. The minimum atomic E-state index is 0.0317. The van der Waals surface area contributed by atoms with E-state index in [4.69, 9.17) is 4.52 Å². The van der Waals surface area contributed by atoms with Crippen LogP contribution in [0.4, 0.5) is 0 Å². The topological polar surface area (TPSA) is 67.4 Å². The van der Waals surface area contributed by atoms with E-state index in [-0.39, 0.29) is 11.3 Å². The van der Waals surface area contributed by atoms with Crippen LogP contribution in [0, 0.1) is 18.3 Å². The van der Waals surface area contributed by atoms with Crippen LogP contribution in [0.15, 0.2) is 10.7 Å². The van der Waals surface area contributed by atoms with Crippen LogP contribution >= 0.6 is 0 Å². The van der Waals surface area contributed by atoms with E-state index >= 15 is 0 Å². The molecule has 4 rings (SSSR count). The van der Waals surface area contributed by atoms with Gasteiger partial charge in [0.1, 0.15) is 5.76 Å². The van der Waals surface area contributed by atoms with Crippen LogP contribution < -0.4 is 0 Å². The molecule has 2 aromatic rings. The minimum Gasteiger partial charge on any atom is -0.360 e. The largest absolute Gasteiger partial charge is 0.360 e. The average Bonchev–Trinajstić information content (AvgIpc) is 3.30. The summed E-state index contributed by atoms with van der Waals surface area (Å²) in [6.45, 7) is 16.0. The molecule has 0 aromatic carbocycles. The van der Waals surface area contributed by atoms with Crippen molar-refractivity contribution >= 4 is 5.91 Å². The lowest BCUT2D eigenvalue weighted by molar-refractivity contribution is 0.0616. The zero-order valence-electron chi connectivity index (χ0n) is 19.1. The second-order valence-electron chi connectivity index (χ2n) is 9.90. The first-order valence-electron chi connectivity index (χ1n) is 11.3. The highest BCUT2D eigenvalue weighted by atomic mass is 16.5. The van der Waals surface area contributed by atoms with Crippen molar-refractivity contribution in [3.63, 3.8) is 0 Å². The van der Waals surface area contributed by atoms with Crippen molar-refractivity contribution < 1.29 is 9.32 Å². The number of hydrogen-bond acceptors (Lipinski definition) is 5. The van der Waals surface area contributed by atoms with Crippen molar-refractivity contribution in [2.24, 2.45) is 11.3 Å². The molecule has 3 heterocycles. The lowest BCUT2D eigenvalue weighted by Crippen LogP contribution is -2.48. The molecule has 164 valence electrons. The number of aryl methyl sites for hydroxylation is 3. The van der Waals surface area contributed by atoms with Gasteiger partial charge in [-0.3, -0.25) is 14.4 Å². The molecule has 1 amide bonds. The number of carbonyl (C=O) groups is 1. The van der Waals surface area contributed by atoms with Crippen molar-refractivity contribution in [2.45, 2.75) is 67.0 Å². The van der Waals surface area contributed by atoms with Gasteiger partial charge >= 0.3 is 0 Å². The van der Waals surface area contributed by atoms with Gasteiger partial charge in [-0.15, -0.1) is 0 Å². The maximum atomic E-state index is 13.2. The zero-order chi connectivity index (χ0) is 21.5. The molecule has 2 aliphatic rings. The van der Waals surface area contributed by atoms with Crippen molar-refractivity contribution in [3.8, 4) is 0 Å². The summed E-state index contributed by atoms with van der Waals surface area (Å²) < 4.78 is 7.56. The second-order valence-corrected chi connectivity index (χ2v) is 9.90. The second kappa shape index (κ2) is 8.17. The Morgan fingerprint density at radius 2 is 1.97 bits per heavy atom. The summed E-state index contributed by atoms with van der Waals surface area (Å²) >= 11 is 0. The molecule has 1 fully saturated rings. The van der Waals surface area contributed by atoms with Gasteiger partial charge in [0.2, 0.25) is 0 Å². The molecular weight excluding hydrogens is 378 g/mol. The third-order valence-corrected chi connectivity index (χ3v) is 6.89. The summed E-state index contributed by atoms with van der Waals surface area (Å²) in [5.74, 6) is 1.50. The molecule has 0 N–H and O–H groups in total. The number of fused-ring (bicyclic) bond motifs is 1. The molecule has 1 atom stereocenters. The van der Waals surface area contributed by atoms with Gasteiger partial charge in [0.25, 0.3) is 5.91 Å². The SMILES string of the molecule is CCn1cc(CN2CCN(C(=O)c3noc4c3CC(C(C)(C)C)CC4)CC2)c(C)n1. The maximum Gasteiger partial charge on any atom is 0.276 e. The minimum absolute atomic E-state index is 0.0317. The molecule has 1 unspecified atom stereocenters. The zero-order valence-corrected chi connectivity index (χ0v) is 19.1. The summed E-state index contributed by atoms with van der Waals surface area (Å²) in [6.07, 6.45) is 5.02. The van der Waals surface area contributed by atoms with Crippen LogP contribution in [0.2, 0.25) is 0 Å². The number of nitrogens with zero attached hydrogens (tertiary/aromatic N) is 5. The fraction of sp³-hybridized carbons (Fsp3) is 0.696. The fourth-order valence-electron chi connectivity index (χ4n) is 4.69. The van der Waals surface area contributed by atoms with E-state index in [9.17, 15) is 4.79 Å². The number of hydrogen-bond donors (Lipinski definition) is 0. The van der Waals surface area contributed by atoms with Gasteiger partial charge in [0.15, 0.2) is 5.69 Å². The Balaban J connectivity index is 1.38. The van der Waals surface area contributed by atoms with Gasteiger partial charge in [-0.05, 0) is 38.0 Å².